The van der Waals surface area contributed by atoms with Gasteiger partial charge in [0, 0.05) is 12.8 Å². The summed E-state index contributed by atoms with van der Waals surface area (Å²) in [6, 6.07) is 0. The first-order chi connectivity index (χ1) is 9.24. The van der Waals surface area contributed by atoms with Crippen molar-refractivity contribution in [3.63, 3.8) is 0 Å². The van der Waals surface area contributed by atoms with Gasteiger partial charge in [-0.05, 0) is 51.9 Å². The van der Waals surface area contributed by atoms with Crippen LogP contribution >= 0.6 is 0 Å². The Morgan fingerprint density at radius 3 is 1.05 bits per heavy atom. The van der Waals surface area contributed by atoms with Gasteiger partial charge in [0.15, 0.2) is 0 Å². The molecule has 0 aromatic carbocycles. The van der Waals surface area contributed by atoms with Gasteiger partial charge in [0.25, 0.3) is 0 Å². The molecule has 5 heteroatoms. The zero-order valence-corrected chi connectivity index (χ0v) is 12.7. The summed E-state index contributed by atoms with van der Waals surface area (Å²) in [6.45, 7) is 7.89. The number of rotatable bonds is 14. The second-order valence-electron chi connectivity index (χ2n) is 5.51. The third-order valence-electron chi connectivity index (χ3n) is 3.85. The molecule has 0 saturated carbocycles. The van der Waals surface area contributed by atoms with E-state index in [1.54, 1.807) is 0 Å². The molecule has 0 aromatic rings. The van der Waals surface area contributed by atoms with Gasteiger partial charge in [0.05, 0.1) is 26.2 Å². The fraction of sp³-hybridized carbons (Fsp3) is 1.00. The monoisotopic (exact) mass is 274 g/mol. The van der Waals surface area contributed by atoms with Gasteiger partial charge >= 0.3 is 0 Å². The Morgan fingerprint density at radius 1 is 0.421 bits per heavy atom. The highest BCUT2D eigenvalue weighted by molar-refractivity contribution is 4.52. The summed E-state index contributed by atoms with van der Waals surface area (Å²) in [6.07, 6.45) is 6.82. The minimum absolute atomic E-state index is 0.774. The third kappa shape index (κ3) is 9.35. The molecule has 0 radical (unpaired) electrons. The van der Waals surface area contributed by atoms with Crippen molar-refractivity contribution in [2.75, 3.05) is 52.4 Å². The van der Waals surface area contributed by atoms with Crippen LogP contribution in [0.5, 0.6) is 0 Å². The molecule has 0 bridgehead atoms. The Morgan fingerprint density at radius 2 is 0.737 bits per heavy atom. The van der Waals surface area contributed by atoms with Crippen molar-refractivity contribution in [1.29, 1.82) is 0 Å². The fourth-order valence-electron chi connectivity index (χ4n) is 2.71. The average molecular weight is 274 g/mol. The van der Waals surface area contributed by atoms with Crippen LogP contribution in [0.1, 0.15) is 38.5 Å². The van der Waals surface area contributed by atoms with E-state index in [1.807, 2.05) is 0 Å². The van der Waals surface area contributed by atoms with Crippen molar-refractivity contribution in [1.82, 2.24) is 0 Å². The Hall–Kier alpha value is -0.200. The molecule has 8 N–H and O–H groups in total. The van der Waals surface area contributed by atoms with Gasteiger partial charge in [-0.25, -0.2) is 0 Å². The molecule has 0 amide bonds. The van der Waals surface area contributed by atoms with E-state index in [4.69, 9.17) is 22.9 Å². The van der Waals surface area contributed by atoms with Crippen molar-refractivity contribution < 1.29 is 4.48 Å². The maximum absolute atomic E-state index is 5.70. The van der Waals surface area contributed by atoms with E-state index < -0.39 is 0 Å². The van der Waals surface area contributed by atoms with Gasteiger partial charge in [0.2, 0.25) is 0 Å². The van der Waals surface area contributed by atoms with E-state index >= 15 is 0 Å². The molecule has 0 aliphatic rings. The lowest BCUT2D eigenvalue weighted by Gasteiger charge is -2.39. The lowest BCUT2D eigenvalue weighted by molar-refractivity contribution is -0.928. The lowest BCUT2D eigenvalue weighted by Crippen LogP contribution is -2.51. The molecule has 19 heavy (non-hydrogen) atoms. The van der Waals surface area contributed by atoms with Crippen molar-refractivity contribution in [3.05, 3.63) is 0 Å². The molecule has 5 nitrogen and oxygen atoms in total. The minimum atomic E-state index is 0.774. The first kappa shape index (κ1) is 18.8. The van der Waals surface area contributed by atoms with Crippen LogP contribution < -0.4 is 22.9 Å². The summed E-state index contributed by atoms with van der Waals surface area (Å²) in [5, 5.41) is 0. The number of hydrogen-bond acceptors (Lipinski definition) is 4. The highest BCUT2D eigenvalue weighted by Crippen LogP contribution is 2.14. The lowest BCUT2D eigenvalue weighted by atomic mass is 10.1. The smallest absolute Gasteiger partial charge is 0.0798 e. The van der Waals surface area contributed by atoms with Crippen LogP contribution in [0.2, 0.25) is 0 Å². The van der Waals surface area contributed by atoms with E-state index in [-0.39, 0.29) is 0 Å². The van der Waals surface area contributed by atoms with Gasteiger partial charge in [0.1, 0.15) is 0 Å². The van der Waals surface area contributed by atoms with Crippen molar-refractivity contribution in [3.8, 4) is 0 Å². The molecule has 0 unspecified atom stereocenters. The van der Waals surface area contributed by atoms with E-state index in [9.17, 15) is 0 Å². The molecule has 0 fully saturated rings. The highest BCUT2D eigenvalue weighted by atomic mass is 15.3. The van der Waals surface area contributed by atoms with Crippen molar-refractivity contribution >= 4 is 0 Å². The molecule has 116 valence electrons. The zero-order valence-electron chi connectivity index (χ0n) is 12.7. The predicted octanol–water partition coefficient (Wildman–Crippen LogP) is -0.0214. The van der Waals surface area contributed by atoms with Crippen LogP contribution in [-0.2, 0) is 0 Å². The van der Waals surface area contributed by atoms with Crippen LogP contribution in [-0.4, -0.2) is 56.8 Å². The Bertz CT molecular complexity index is 167. The van der Waals surface area contributed by atoms with Crippen LogP contribution in [0.25, 0.3) is 0 Å². The zero-order chi connectivity index (χ0) is 14.4. The molecule has 0 aromatic heterocycles. The minimum Gasteiger partial charge on any atom is -0.330 e. The summed E-state index contributed by atoms with van der Waals surface area (Å²) in [5.41, 5.74) is 22.6. The predicted molar refractivity (Wildman–Crippen MR) is 83.6 cm³/mol. The second-order valence-corrected chi connectivity index (χ2v) is 5.51. The number of unbranched alkanes of at least 4 members (excludes halogenated alkanes) is 2. The summed E-state index contributed by atoms with van der Waals surface area (Å²) in [5.74, 6) is 0. The molecular weight excluding hydrogens is 238 g/mol. The van der Waals surface area contributed by atoms with Gasteiger partial charge < -0.3 is 27.4 Å². The van der Waals surface area contributed by atoms with Gasteiger partial charge in [-0.15, -0.1) is 0 Å². The normalized spacial score (nSPS) is 12.0. The SMILES string of the molecule is NCCCC[N+](CCCN)(CCCN)CCCCN. The van der Waals surface area contributed by atoms with E-state index in [0.717, 1.165) is 56.3 Å². The van der Waals surface area contributed by atoms with Crippen LogP contribution in [0, 0.1) is 0 Å². The van der Waals surface area contributed by atoms with Crippen LogP contribution in [0.4, 0.5) is 0 Å². The summed E-state index contributed by atoms with van der Waals surface area (Å²) in [7, 11) is 0. The topological polar surface area (TPSA) is 104 Å². The molecular formula is C14H36N5+. The maximum Gasteiger partial charge on any atom is 0.0798 e. The summed E-state index contributed by atoms with van der Waals surface area (Å²) < 4.78 is 1.16. The number of nitrogens with zero attached hydrogens (tertiary/aromatic N) is 1. The van der Waals surface area contributed by atoms with Gasteiger partial charge in [-0.2, -0.15) is 0 Å². The Balaban J connectivity index is 4.44. The standard InChI is InChI=1S/C14H36N5/c15-7-1-3-11-19(13-5-9-17,14-6-10-18)12-4-2-8-16/h1-18H2/q+1. The first-order valence-electron chi connectivity index (χ1n) is 7.90. The average Bonchev–Trinajstić information content (AvgIpc) is 2.43. The van der Waals surface area contributed by atoms with E-state index in [0.29, 0.717) is 0 Å². The van der Waals surface area contributed by atoms with E-state index in [1.165, 1.54) is 39.0 Å². The molecule has 0 atom stereocenters. The molecule has 0 heterocycles. The Kier molecular flexibility index (Phi) is 12.7. The third-order valence-corrected chi connectivity index (χ3v) is 3.85. The first-order valence-corrected chi connectivity index (χ1v) is 7.90. The number of hydrogen-bond donors (Lipinski definition) is 4. The van der Waals surface area contributed by atoms with E-state index in [2.05, 4.69) is 0 Å². The van der Waals surface area contributed by atoms with Gasteiger partial charge in [-0.1, -0.05) is 0 Å². The largest absolute Gasteiger partial charge is 0.330 e. The summed E-state index contributed by atoms with van der Waals surface area (Å²) >= 11 is 0. The van der Waals surface area contributed by atoms with Crippen molar-refractivity contribution in [2.24, 2.45) is 22.9 Å². The fourth-order valence-corrected chi connectivity index (χ4v) is 2.71. The molecule has 0 saturated heterocycles. The molecule has 0 rings (SSSR count). The quantitative estimate of drug-likeness (QED) is 0.264. The van der Waals surface area contributed by atoms with Crippen LogP contribution in [0.3, 0.4) is 0 Å². The maximum atomic E-state index is 5.70. The van der Waals surface area contributed by atoms with Crippen molar-refractivity contribution in [2.45, 2.75) is 38.5 Å². The number of quaternary nitrogens is 1. The highest BCUT2D eigenvalue weighted by Gasteiger charge is 2.25. The summed E-state index contributed by atoms with van der Waals surface area (Å²) in [4.78, 5) is 0. The number of nitrogens with two attached hydrogens (primary N) is 4. The molecule has 0 spiro atoms. The second kappa shape index (κ2) is 12.8. The molecule has 0 aliphatic heterocycles. The van der Waals surface area contributed by atoms with Crippen LogP contribution in [0.15, 0.2) is 0 Å². The Labute approximate surface area is 119 Å². The molecule has 0 aliphatic carbocycles. The van der Waals surface area contributed by atoms with Gasteiger partial charge in [-0.3, -0.25) is 0 Å².